The molecular formula is C14H14N2O4S. The topological polar surface area (TPSA) is 96.4 Å². The smallest absolute Gasteiger partial charge is 0.335 e. The minimum Gasteiger partial charge on any atom is -0.478 e. The van der Waals surface area contributed by atoms with E-state index in [2.05, 4.69) is 9.71 Å². The number of sulfonamides is 1. The van der Waals surface area contributed by atoms with Gasteiger partial charge in [-0.1, -0.05) is 6.07 Å². The number of rotatable bonds is 5. The molecule has 0 spiro atoms. The Morgan fingerprint density at radius 2 is 1.90 bits per heavy atom. The van der Waals surface area contributed by atoms with Gasteiger partial charge in [0.2, 0.25) is 10.0 Å². The van der Waals surface area contributed by atoms with Crippen LogP contribution in [0.25, 0.3) is 0 Å². The van der Waals surface area contributed by atoms with Gasteiger partial charge in [0.05, 0.1) is 10.5 Å². The highest BCUT2D eigenvalue weighted by Gasteiger charge is 2.19. The second-order valence-electron chi connectivity index (χ2n) is 4.46. The van der Waals surface area contributed by atoms with Gasteiger partial charge in [-0.05, 0) is 42.8 Å². The van der Waals surface area contributed by atoms with Crippen molar-refractivity contribution in [2.24, 2.45) is 0 Å². The Hall–Kier alpha value is -2.25. The third-order valence-electron chi connectivity index (χ3n) is 2.93. The van der Waals surface area contributed by atoms with Gasteiger partial charge in [-0.25, -0.2) is 17.9 Å². The summed E-state index contributed by atoms with van der Waals surface area (Å²) in [6, 6.07) is 8.19. The lowest BCUT2D eigenvalue weighted by atomic mass is 10.1. The molecule has 7 heteroatoms. The summed E-state index contributed by atoms with van der Waals surface area (Å²) in [4.78, 5) is 14.7. The van der Waals surface area contributed by atoms with Gasteiger partial charge in [0, 0.05) is 18.4 Å². The van der Waals surface area contributed by atoms with Crippen LogP contribution >= 0.6 is 0 Å². The van der Waals surface area contributed by atoms with Crippen LogP contribution in [0.3, 0.4) is 0 Å². The number of carbonyl (C=O) groups is 1. The molecular weight excluding hydrogens is 292 g/mol. The zero-order valence-electron chi connectivity index (χ0n) is 11.2. The van der Waals surface area contributed by atoms with Gasteiger partial charge in [0.15, 0.2) is 0 Å². The van der Waals surface area contributed by atoms with Crippen molar-refractivity contribution >= 4 is 16.0 Å². The summed E-state index contributed by atoms with van der Waals surface area (Å²) in [6.07, 6.45) is 3.15. The van der Waals surface area contributed by atoms with Crippen LogP contribution in [0, 0.1) is 0 Å². The van der Waals surface area contributed by atoms with Crippen LogP contribution < -0.4 is 4.72 Å². The van der Waals surface area contributed by atoms with Crippen molar-refractivity contribution < 1.29 is 18.3 Å². The van der Waals surface area contributed by atoms with Crippen molar-refractivity contribution in [3.8, 4) is 0 Å². The maximum absolute atomic E-state index is 12.3. The van der Waals surface area contributed by atoms with Gasteiger partial charge in [-0.15, -0.1) is 0 Å². The number of nitrogens with zero attached hydrogens (tertiary/aromatic N) is 1. The van der Waals surface area contributed by atoms with Crippen molar-refractivity contribution in [3.63, 3.8) is 0 Å². The van der Waals surface area contributed by atoms with Crippen LogP contribution in [0.15, 0.2) is 53.7 Å². The fraction of sp³-hybridized carbons (Fsp3) is 0.143. The van der Waals surface area contributed by atoms with Gasteiger partial charge < -0.3 is 5.11 Å². The lowest BCUT2D eigenvalue weighted by Gasteiger charge is -2.14. The molecule has 6 nitrogen and oxygen atoms in total. The molecule has 0 fully saturated rings. The van der Waals surface area contributed by atoms with Crippen molar-refractivity contribution in [1.29, 1.82) is 0 Å². The highest BCUT2D eigenvalue weighted by molar-refractivity contribution is 7.89. The summed E-state index contributed by atoms with van der Waals surface area (Å²) in [7, 11) is -3.80. The standard InChI is InChI=1S/C14H14N2O4S/c1-10(11-5-7-15-8-6-11)16-21(19,20)13-4-2-3-12(9-13)14(17)18/h2-10,16H,1H3,(H,17,18). The fourth-order valence-electron chi connectivity index (χ4n) is 1.82. The van der Waals surface area contributed by atoms with Gasteiger partial charge in [-0.3, -0.25) is 4.98 Å². The largest absolute Gasteiger partial charge is 0.478 e. The number of pyridine rings is 1. The van der Waals surface area contributed by atoms with E-state index in [-0.39, 0.29) is 10.5 Å². The highest BCUT2D eigenvalue weighted by atomic mass is 32.2. The summed E-state index contributed by atoms with van der Waals surface area (Å²) < 4.78 is 27.0. The monoisotopic (exact) mass is 306 g/mol. The SMILES string of the molecule is CC(NS(=O)(=O)c1cccc(C(=O)O)c1)c1ccncc1. The highest BCUT2D eigenvalue weighted by Crippen LogP contribution is 2.17. The molecule has 0 aliphatic rings. The lowest BCUT2D eigenvalue weighted by molar-refractivity contribution is 0.0696. The molecule has 0 amide bonds. The van der Waals surface area contributed by atoms with Gasteiger partial charge in [0.25, 0.3) is 0 Å². The average molecular weight is 306 g/mol. The summed E-state index contributed by atoms with van der Waals surface area (Å²) >= 11 is 0. The van der Waals surface area contributed by atoms with Crippen molar-refractivity contribution in [2.45, 2.75) is 17.9 Å². The number of carboxylic acid groups (broad SMARTS) is 1. The predicted molar refractivity (Wildman–Crippen MR) is 76.4 cm³/mol. The van der Waals surface area contributed by atoms with Crippen LogP contribution in [0.5, 0.6) is 0 Å². The second-order valence-corrected chi connectivity index (χ2v) is 6.17. The first-order valence-electron chi connectivity index (χ1n) is 6.16. The molecule has 0 saturated heterocycles. The van der Waals surface area contributed by atoms with Gasteiger partial charge in [-0.2, -0.15) is 0 Å². The third-order valence-corrected chi connectivity index (χ3v) is 4.47. The molecule has 0 aliphatic heterocycles. The molecule has 1 unspecified atom stereocenters. The molecule has 21 heavy (non-hydrogen) atoms. The molecule has 1 heterocycles. The first kappa shape index (κ1) is 15.1. The summed E-state index contributed by atoms with van der Waals surface area (Å²) in [6.45, 7) is 1.70. The minimum atomic E-state index is -3.80. The van der Waals surface area contributed by atoms with Crippen LogP contribution in [-0.2, 0) is 10.0 Å². The van der Waals surface area contributed by atoms with Crippen LogP contribution in [0.2, 0.25) is 0 Å². The molecule has 0 radical (unpaired) electrons. The zero-order chi connectivity index (χ0) is 15.5. The summed E-state index contributed by atoms with van der Waals surface area (Å²) in [5, 5.41) is 8.91. The Balaban J connectivity index is 2.26. The predicted octanol–water partition coefficient (Wildman–Crippen LogP) is 1.82. The zero-order valence-corrected chi connectivity index (χ0v) is 12.0. The van der Waals surface area contributed by atoms with E-state index in [1.165, 1.54) is 18.2 Å². The van der Waals surface area contributed by atoms with E-state index in [9.17, 15) is 13.2 Å². The fourth-order valence-corrected chi connectivity index (χ4v) is 3.09. The van der Waals surface area contributed by atoms with E-state index in [0.717, 1.165) is 11.6 Å². The van der Waals surface area contributed by atoms with Crippen molar-refractivity contribution in [1.82, 2.24) is 9.71 Å². The Labute approximate surface area is 122 Å². The average Bonchev–Trinajstić information content (AvgIpc) is 2.48. The number of carboxylic acids is 1. The van der Waals surface area contributed by atoms with E-state index in [1.54, 1.807) is 31.5 Å². The van der Waals surface area contributed by atoms with Crippen LogP contribution in [0.1, 0.15) is 28.9 Å². The number of aromatic carboxylic acids is 1. The van der Waals surface area contributed by atoms with Crippen LogP contribution in [-0.4, -0.2) is 24.5 Å². The molecule has 1 aromatic heterocycles. The van der Waals surface area contributed by atoms with E-state index in [4.69, 9.17) is 5.11 Å². The second kappa shape index (κ2) is 6.02. The molecule has 1 aromatic carbocycles. The maximum Gasteiger partial charge on any atom is 0.335 e. The van der Waals surface area contributed by atoms with E-state index < -0.39 is 22.0 Å². The number of aromatic nitrogens is 1. The minimum absolute atomic E-state index is 0.0746. The molecule has 2 aromatic rings. The summed E-state index contributed by atoms with van der Waals surface area (Å²) in [5.74, 6) is -1.17. The molecule has 2 N–H and O–H groups in total. The molecule has 1 atom stereocenters. The van der Waals surface area contributed by atoms with Gasteiger partial charge >= 0.3 is 5.97 Å². The lowest BCUT2D eigenvalue weighted by Crippen LogP contribution is -2.27. The molecule has 0 aliphatic carbocycles. The molecule has 0 bridgehead atoms. The third kappa shape index (κ3) is 3.65. The summed E-state index contributed by atoms with van der Waals surface area (Å²) in [5.41, 5.74) is 0.692. The van der Waals surface area contributed by atoms with Crippen molar-refractivity contribution in [2.75, 3.05) is 0 Å². The maximum atomic E-state index is 12.3. The molecule has 110 valence electrons. The van der Waals surface area contributed by atoms with E-state index in [1.807, 2.05) is 0 Å². The Morgan fingerprint density at radius 1 is 1.24 bits per heavy atom. The van der Waals surface area contributed by atoms with E-state index >= 15 is 0 Å². The van der Waals surface area contributed by atoms with Crippen molar-refractivity contribution in [3.05, 3.63) is 59.9 Å². The normalized spacial score (nSPS) is 12.8. The molecule has 2 rings (SSSR count). The number of hydrogen-bond donors (Lipinski definition) is 2. The number of hydrogen-bond acceptors (Lipinski definition) is 4. The first-order valence-corrected chi connectivity index (χ1v) is 7.64. The first-order chi connectivity index (χ1) is 9.90. The number of nitrogens with one attached hydrogen (secondary N) is 1. The Morgan fingerprint density at radius 3 is 2.52 bits per heavy atom. The molecule has 0 saturated carbocycles. The Kier molecular flexibility index (Phi) is 4.35. The van der Waals surface area contributed by atoms with Gasteiger partial charge in [0.1, 0.15) is 0 Å². The van der Waals surface area contributed by atoms with Crippen LogP contribution in [0.4, 0.5) is 0 Å². The number of benzene rings is 1. The van der Waals surface area contributed by atoms with E-state index in [0.29, 0.717) is 0 Å². The Bertz CT molecular complexity index is 745. The quantitative estimate of drug-likeness (QED) is 0.878.